The third-order valence-corrected chi connectivity index (χ3v) is 3.69. The topological polar surface area (TPSA) is 34.1 Å². The smallest absolute Gasteiger partial charge is 0.120 e. The predicted molar refractivity (Wildman–Crippen MR) is 85.7 cm³/mol. The molecule has 1 aromatic heterocycles. The van der Waals surface area contributed by atoms with Gasteiger partial charge >= 0.3 is 0 Å². The zero-order chi connectivity index (χ0) is 14.8. The normalized spacial score (nSPS) is 11.4. The molecule has 0 saturated heterocycles. The highest BCUT2D eigenvalue weighted by molar-refractivity contribution is 7.09. The van der Waals surface area contributed by atoms with Gasteiger partial charge in [-0.15, -0.1) is 11.3 Å². The van der Waals surface area contributed by atoms with Crippen molar-refractivity contribution in [2.45, 2.75) is 46.8 Å². The maximum absolute atomic E-state index is 5.87. The van der Waals surface area contributed by atoms with E-state index in [1.807, 2.05) is 13.0 Å². The second-order valence-corrected chi connectivity index (χ2v) is 6.87. The third-order valence-electron chi connectivity index (χ3n) is 2.72. The van der Waals surface area contributed by atoms with Crippen molar-refractivity contribution in [1.82, 2.24) is 4.98 Å². The van der Waals surface area contributed by atoms with Crippen LogP contribution in [0.5, 0.6) is 5.75 Å². The average molecular weight is 290 g/mol. The van der Waals surface area contributed by atoms with Gasteiger partial charge in [0.1, 0.15) is 16.4 Å². The molecule has 2 aromatic rings. The van der Waals surface area contributed by atoms with Gasteiger partial charge in [0.25, 0.3) is 0 Å². The number of nitrogens with zero attached hydrogens (tertiary/aromatic N) is 1. The lowest BCUT2D eigenvalue weighted by Crippen LogP contribution is -2.22. The van der Waals surface area contributed by atoms with Crippen LogP contribution in [0.2, 0.25) is 0 Å². The summed E-state index contributed by atoms with van der Waals surface area (Å²) in [5, 5.41) is 6.61. The van der Waals surface area contributed by atoms with Crippen LogP contribution in [0.15, 0.2) is 23.6 Å². The molecule has 0 aliphatic rings. The van der Waals surface area contributed by atoms with Crippen molar-refractivity contribution in [2.24, 2.45) is 0 Å². The van der Waals surface area contributed by atoms with E-state index >= 15 is 0 Å². The van der Waals surface area contributed by atoms with Gasteiger partial charge < -0.3 is 10.1 Å². The van der Waals surface area contributed by atoms with Crippen molar-refractivity contribution in [2.75, 3.05) is 5.32 Å². The van der Waals surface area contributed by atoms with Gasteiger partial charge in [0.15, 0.2) is 0 Å². The average Bonchev–Trinajstić information content (AvgIpc) is 2.72. The SMILES string of the molecule is Cc1csc(CNc2ccc(OC(C)(C)C)cc2C)n1. The van der Waals surface area contributed by atoms with E-state index in [4.69, 9.17) is 4.74 Å². The Morgan fingerprint density at radius 2 is 2.00 bits per heavy atom. The Morgan fingerprint density at radius 1 is 1.25 bits per heavy atom. The fraction of sp³-hybridized carbons (Fsp3) is 0.438. The Balaban J connectivity index is 2.02. The largest absolute Gasteiger partial charge is 0.488 e. The number of thiazole rings is 1. The minimum atomic E-state index is -0.167. The monoisotopic (exact) mass is 290 g/mol. The summed E-state index contributed by atoms with van der Waals surface area (Å²) in [4.78, 5) is 4.45. The van der Waals surface area contributed by atoms with Gasteiger partial charge in [-0.1, -0.05) is 0 Å². The molecule has 0 bridgehead atoms. The van der Waals surface area contributed by atoms with Crippen molar-refractivity contribution in [3.05, 3.63) is 39.8 Å². The molecule has 0 unspecified atom stereocenters. The molecule has 3 nitrogen and oxygen atoms in total. The zero-order valence-corrected chi connectivity index (χ0v) is 13.6. The first kappa shape index (κ1) is 14.9. The van der Waals surface area contributed by atoms with Gasteiger partial charge in [0.2, 0.25) is 0 Å². The zero-order valence-electron chi connectivity index (χ0n) is 12.8. The van der Waals surface area contributed by atoms with Crippen LogP contribution in [0.4, 0.5) is 5.69 Å². The number of anilines is 1. The molecule has 0 aliphatic heterocycles. The predicted octanol–water partition coefficient (Wildman–Crippen LogP) is 4.55. The lowest BCUT2D eigenvalue weighted by molar-refractivity contribution is 0.131. The molecule has 0 saturated carbocycles. The van der Waals surface area contributed by atoms with Crippen LogP contribution in [0, 0.1) is 13.8 Å². The summed E-state index contributed by atoms with van der Waals surface area (Å²) in [6.45, 7) is 11.0. The van der Waals surface area contributed by atoms with Crippen molar-refractivity contribution < 1.29 is 4.74 Å². The van der Waals surface area contributed by atoms with E-state index in [2.05, 4.69) is 55.5 Å². The van der Waals surface area contributed by atoms with Gasteiger partial charge in [0.05, 0.1) is 6.54 Å². The van der Waals surface area contributed by atoms with Crippen LogP contribution < -0.4 is 10.1 Å². The second-order valence-electron chi connectivity index (χ2n) is 5.93. The van der Waals surface area contributed by atoms with Crippen LogP contribution in [-0.4, -0.2) is 10.6 Å². The number of hydrogen-bond donors (Lipinski definition) is 1. The van der Waals surface area contributed by atoms with Crippen molar-refractivity contribution >= 4 is 17.0 Å². The molecule has 0 fully saturated rings. The quantitative estimate of drug-likeness (QED) is 0.897. The number of aromatic nitrogens is 1. The van der Waals surface area contributed by atoms with Crippen molar-refractivity contribution in [3.8, 4) is 5.75 Å². The summed E-state index contributed by atoms with van der Waals surface area (Å²) >= 11 is 1.69. The summed E-state index contributed by atoms with van der Waals surface area (Å²) in [5.74, 6) is 0.908. The molecule has 0 amide bonds. The van der Waals surface area contributed by atoms with E-state index in [-0.39, 0.29) is 5.60 Å². The summed E-state index contributed by atoms with van der Waals surface area (Å²) in [5.41, 5.74) is 3.22. The van der Waals surface area contributed by atoms with Gasteiger partial charge in [-0.2, -0.15) is 0 Å². The minimum Gasteiger partial charge on any atom is -0.488 e. The Hall–Kier alpha value is -1.55. The first-order valence-corrected chi connectivity index (χ1v) is 7.66. The highest BCUT2D eigenvalue weighted by Crippen LogP contribution is 2.25. The van der Waals surface area contributed by atoms with E-state index < -0.39 is 0 Å². The lowest BCUT2D eigenvalue weighted by atomic mass is 10.1. The van der Waals surface area contributed by atoms with Crippen LogP contribution in [-0.2, 0) is 6.54 Å². The number of hydrogen-bond acceptors (Lipinski definition) is 4. The molecule has 4 heteroatoms. The van der Waals surface area contributed by atoms with Gasteiger partial charge in [-0.25, -0.2) is 4.98 Å². The summed E-state index contributed by atoms with van der Waals surface area (Å²) in [7, 11) is 0. The Bertz CT molecular complexity index is 584. The molecular weight excluding hydrogens is 268 g/mol. The van der Waals surface area contributed by atoms with Gasteiger partial charge in [-0.05, 0) is 58.4 Å². The molecule has 0 atom stereocenters. The van der Waals surface area contributed by atoms with Crippen LogP contribution in [0.25, 0.3) is 0 Å². The lowest BCUT2D eigenvalue weighted by Gasteiger charge is -2.22. The van der Waals surface area contributed by atoms with Crippen molar-refractivity contribution in [3.63, 3.8) is 0 Å². The van der Waals surface area contributed by atoms with Crippen molar-refractivity contribution in [1.29, 1.82) is 0 Å². The van der Waals surface area contributed by atoms with E-state index in [1.165, 1.54) is 5.56 Å². The van der Waals surface area contributed by atoms with E-state index in [0.717, 1.165) is 28.7 Å². The molecule has 20 heavy (non-hydrogen) atoms. The Morgan fingerprint density at radius 3 is 2.55 bits per heavy atom. The van der Waals surface area contributed by atoms with Gasteiger partial charge in [0, 0.05) is 16.8 Å². The number of aryl methyl sites for hydroxylation is 2. The first-order chi connectivity index (χ1) is 9.33. The molecule has 1 N–H and O–H groups in total. The summed E-state index contributed by atoms with van der Waals surface area (Å²) in [6, 6.07) is 6.14. The highest BCUT2D eigenvalue weighted by Gasteiger charge is 2.12. The van der Waals surface area contributed by atoms with E-state index in [0.29, 0.717) is 0 Å². The minimum absolute atomic E-state index is 0.167. The number of nitrogens with one attached hydrogen (secondary N) is 1. The molecule has 1 heterocycles. The molecule has 108 valence electrons. The van der Waals surface area contributed by atoms with Gasteiger partial charge in [-0.3, -0.25) is 0 Å². The van der Waals surface area contributed by atoms with E-state index in [9.17, 15) is 0 Å². The van der Waals surface area contributed by atoms with Crippen LogP contribution >= 0.6 is 11.3 Å². The molecule has 0 radical (unpaired) electrons. The summed E-state index contributed by atoms with van der Waals surface area (Å²) < 4.78 is 5.87. The molecule has 0 spiro atoms. The first-order valence-electron chi connectivity index (χ1n) is 6.78. The standard InChI is InChI=1S/C16H22N2OS/c1-11-8-13(19-16(3,4)5)6-7-14(11)17-9-15-18-12(2)10-20-15/h6-8,10,17H,9H2,1-5H3. The highest BCUT2D eigenvalue weighted by atomic mass is 32.1. The maximum Gasteiger partial charge on any atom is 0.120 e. The maximum atomic E-state index is 5.87. The second kappa shape index (κ2) is 5.83. The Labute approximate surface area is 125 Å². The van der Waals surface area contributed by atoms with Crippen LogP contribution in [0.3, 0.4) is 0 Å². The number of rotatable bonds is 4. The molecule has 0 aliphatic carbocycles. The molecular formula is C16H22N2OS. The van der Waals surface area contributed by atoms with E-state index in [1.54, 1.807) is 11.3 Å². The summed E-state index contributed by atoms with van der Waals surface area (Å²) in [6.07, 6.45) is 0. The number of benzene rings is 1. The fourth-order valence-electron chi connectivity index (χ4n) is 1.91. The number of ether oxygens (including phenoxy) is 1. The molecule has 2 rings (SSSR count). The molecule has 1 aromatic carbocycles. The third kappa shape index (κ3) is 4.23. The van der Waals surface area contributed by atoms with Crippen LogP contribution in [0.1, 0.15) is 37.0 Å². The fourth-order valence-corrected chi connectivity index (χ4v) is 2.62. The Kier molecular flexibility index (Phi) is 4.33.